The molecule has 0 saturated heterocycles. The van der Waals surface area contributed by atoms with Crippen LogP contribution >= 0.6 is 0 Å². The minimum absolute atomic E-state index is 0.0138. The van der Waals surface area contributed by atoms with E-state index in [2.05, 4.69) is 15.6 Å². The molecule has 1 fully saturated rings. The second-order valence-electron chi connectivity index (χ2n) is 5.94. The van der Waals surface area contributed by atoms with Gasteiger partial charge < -0.3 is 16.4 Å². The van der Waals surface area contributed by atoms with Crippen molar-refractivity contribution in [2.45, 2.75) is 64.5 Å². The molecule has 5 nitrogen and oxygen atoms in total. The van der Waals surface area contributed by atoms with Crippen LogP contribution in [-0.4, -0.2) is 30.0 Å². The van der Waals surface area contributed by atoms with E-state index in [0.717, 1.165) is 0 Å². The van der Waals surface area contributed by atoms with E-state index in [1.165, 1.54) is 25.7 Å². The minimum atomic E-state index is -0.186. The number of nitrogens with one attached hydrogen (secondary N) is 2. The molecule has 0 radical (unpaired) electrons. The topological polar surface area (TPSA) is 79.5 Å². The van der Waals surface area contributed by atoms with Crippen LogP contribution in [0.1, 0.15) is 52.9 Å². The van der Waals surface area contributed by atoms with E-state index in [-0.39, 0.29) is 11.4 Å². The summed E-state index contributed by atoms with van der Waals surface area (Å²) in [6.07, 6.45) is 5.24. The molecular weight excluding hydrogens is 228 g/mol. The highest BCUT2D eigenvalue weighted by Crippen LogP contribution is 2.17. The molecule has 0 heterocycles. The van der Waals surface area contributed by atoms with Gasteiger partial charge >= 0.3 is 0 Å². The number of nitrogens with zero attached hydrogens (tertiary/aromatic N) is 1. The first-order valence-electron chi connectivity index (χ1n) is 6.74. The second kappa shape index (κ2) is 6.61. The SMILES string of the molecule is CC(C)(C)NC(=O)CCN=C(N)NC1CCCC1. The number of guanidine groups is 1. The number of nitrogens with two attached hydrogens (primary N) is 1. The van der Waals surface area contributed by atoms with Crippen molar-refractivity contribution < 1.29 is 4.79 Å². The fraction of sp³-hybridized carbons (Fsp3) is 0.846. The quantitative estimate of drug-likeness (QED) is 0.520. The van der Waals surface area contributed by atoms with Gasteiger partial charge in [-0.15, -0.1) is 0 Å². The Hall–Kier alpha value is -1.26. The number of rotatable bonds is 4. The average Bonchev–Trinajstić information content (AvgIpc) is 2.67. The molecule has 0 atom stereocenters. The molecule has 1 saturated carbocycles. The number of carbonyl (C=O) groups excluding carboxylic acids is 1. The Morgan fingerprint density at radius 1 is 1.33 bits per heavy atom. The molecule has 5 heteroatoms. The molecule has 1 rings (SSSR count). The molecule has 1 aliphatic rings. The fourth-order valence-electron chi connectivity index (χ4n) is 2.08. The highest BCUT2D eigenvalue weighted by molar-refractivity contribution is 5.79. The highest BCUT2D eigenvalue weighted by Gasteiger charge is 2.15. The molecule has 0 bridgehead atoms. The molecule has 4 N–H and O–H groups in total. The summed E-state index contributed by atoms with van der Waals surface area (Å²) >= 11 is 0. The van der Waals surface area contributed by atoms with Crippen molar-refractivity contribution in [3.05, 3.63) is 0 Å². The Labute approximate surface area is 110 Å². The zero-order chi connectivity index (χ0) is 13.6. The predicted octanol–water partition coefficient (Wildman–Crippen LogP) is 1.14. The number of carbonyl (C=O) groups is 1. The summed E-state index contributed by atoms with van der Waals surface area (Å²) in [6.45, 7) is 6.33. The van der Waals surface area contributed by atoms with Gasteiger partial charge in [0.25, 0.3) is 0 Å². The van der Waals surface area contributed by atoms with Crippen LogP contribution in [0.2, 0.25) is 0 Å². The second-order valence-corrected chi connectivity index (χ2v) is 5.94. The summed E-state index contributed by atoms with van der Waals surface area (Å²) in [4.78, 5) is 15.7. The maximum Gasteiger partial charge on any atom is 0.222 e. The molecule has 0 unspecified atom stereocenters. The van der Waals surface area contributed by atoms with Crippen LogP contribution in [0.5, 0.6) is 0 Å². The molecule has 0 aliphatic heterocycles. The van der Waals surface area contributed by atoms with Gasteiger partial charge in [0.05, 0.1) is 6.54 Å². The molecule has 104 valence electrons. The third-order valence-electron chi connectivity index (χ3n) is 2.84. The summed E-state index contributed by atoms with van der Waals surface area (Å²) in [5, 5.41) is 6.09. The maximum atomic E-state index is 11.5. The van der Waals surface area contributed by atoms with E-state index in [1.807, 2.05) is 20.8 Å². The Morgan fingerprint density at radius 3 is 2.50 bits per heavy atom. The molecular formula is C13H26N4O. The van der Waals surface area contributed by atoms with E-state index in [1.54, 1.807) is 0 Å². The molecule has 0 aromatic heterocycles. The maximum absolute atomic E-state index is 11.5. The lowest BCUT2D eigenvalue weighted by Gasteiger charge is -2.20. The Morgan fingerprint density at radius 2 is 1.94 bits per heavy atom. The summed E-state index contributed by atoms with van der Waals surface area (Å²) in [7, 11) is 0. The van der Waals surface area contributed by atoms with Crippen LogP contribution in [0.25, 0.3) is 0 Å². The van der Waals surface area contributed by atoms with Gasteiger partial charge in [-0.05, 0) is 33.6 Å². The van der Waals surface area contributed by atoms with Gasteiger partial charge in [0.1, 0.15) is 0 Å². The first-order valence-corrected chi connectivity index (χ1v) is 6.74. The van der Waals surface area contributed by atoms with E-state index >= 15 is 0 Å². The van der Waals surface area contributed by atoms with Crippen molar-refractivity contribution >= 4 is 11.9 Å². The Kier molecular flexibility index (Phi) is 5.44. The molecule has 0 spiro atoms. The zero-order valence-corrected chi connectivity index (χ0v) is 11.8. The van der Waals surface area contributed by atoms with Gasteiger partial charge in [-0.25, -0.2) is 0 Å². The van der Waals surface area contributed by atoms with Crippen LogP contribution in [0, 0.1) is 0 Å². The van der Waals surface area contributed by atoms with E-state index in [0.29, 0.717) is 25.0 Å². The average molecular weight is 254 g/mol. The van der Waals surface area contributed by atoms with Gasteiger partial charge in [-0.1, -0.05) is 12.8 Å². The number of aliphatic imine (C=N–C) groups is 1. The van der Waals surface area contributed by atoms with Crippen LogP contribution in [0.4, 0.5) is 0 Å². The lowest BCUT2D eigenvalue weighted by molar-refractivity contribution is -0.122. The normalized spacial score (nSPS) is 17.8. The zero-order valence-electron chi connectivity index (χ0n) is 11.8. The Bertz CT molecular complexity index is 301. The van der Waals surface area contributed by atoms with Crippen molar-refractivity contribution in [2.75, 3.05) is 6.54 Å². The highest BCUT2D eigenvalue weighted by atomic mass is 16.1. The monoisotopic (exact) mass is 254 g/mol. The summed E-state index contributed by atoms with van der Waals surface area (Å²) in [5.74, 6) is 0.477. The van der Waals surface area contributed by atoms with Crippen molar-refractivity contribution in [1.29, 1.82) is 0 Å². The molecule has 0 aromatic rings. The predicted molar refractivity (Wildman–Crippen MR) is 74.4 cm³/mol. The lowest BCUT2D eigenvalue weighted by Crippen LogP contribution is -2.41. The van der Waals surface area contributed by atoms with E-state index in [9.17, 15) is 4.79 Å². The van der Waals surface area contributed by atoms with Gasteiger partial charge in [0.15, 0.2) is 5.96 Å². The van der Waals surface area contributed by atoms with E-state index in [4.69, 9.17) is 5.73 Å². The minimum Gasteiger partial charge on any atom is -0.370 e. The summed E-state index contributed by atoms with van der Waals surface area (Å²) in [5.41, 5.74) is 5.59. The van der Waals surface area contributed by atoms with Crippen molar-refractivity contribution in [3.63, 3.8) is 0 Å². The van der Waals surface area contributed by atoms with Crippen molar-refractivity contribution in [1.82, 2.24) is 10.6 Å². The summed E-state index contributed by atoms with van der Waals surface area (Å²) < 4.78 is 0. The van der Waals surface area contributed by atoms with Crippen molar-refractivity contribution in [2.24, 2.45) is 10.7 Å². The van der Waals surface area contributed by atoms with Crippen LogP contribution in [0.3, 0.4) is 0 Å². The number of hydrogen-bond acceptors (Lipinski definition) is 2. The van der Waals surface area contributed by atoms with Crippen LogP contribution in [0.15, 0.2) is 4.99 Å². The van der Waals surface area contributed by atoms with Gasteiger partial charge in [0.2, 0.25) is 5.91 Å². The first-order chi connectivity index (χ1) is 8.37. The third-order valence-corrected chi connectivity index (χ3v) is 2.84. The third kappa shape index (κ3) is 6.47. The fourth-order valence-corrected chi connectivity index (χ4v) is 2.08. The van der Waals surface area contributed by atoms with Gasteiger partial charge in [-0.3, -0.25) is 9.79 Å². The van der Waals surface area contributed by atoms with Crippen LogP contribution in [-0.2, 0) is 4.79 Å². The number of hydrogen-bond donors (Lipinski definition) is 3. The molecule has 1 amide bonds. The number of amides is 1. The first kappa shape index (κ1) is 14.8. The lowest BCUT2D eigenvalue weighted by atomic mass is 10.1. The Balaban J connectivity index is 2.20. The molecule has 1 aliphatic carbocycles. The summed E-state index contributed by atoms with van der Waals surface area (Å²) in [6, 6.07) is 0.470. The smallest absolute Gasteiger partial charge is 0.222 e. The van der Waals surface area contributed by atoms with Crippen LogP contribution < -0.4 is 16.4 Å². The van der Waals surface area contributed by atoms with E-state index < -0.39 is 0 Å². The van der Waals surface area contributed by atoms with Gasteiger partial charge in [-0.2, -0.15) is 0 Å². The standard InChI is InChI=1S/C13H26N4O/c1-13(2,3)17-11(18)8-9-15-12(14)16-10-6-4-5-7-10/h10H,4-9H2,1-3H3,(H,17,18)(H3,14,15,16). The van der Waals surface area contributed by atoms with Crippen molar-refractivity contribution in [3.8, 4) is 0 Å². The molecule has 0 aromatic carbocycles. The molecule has 18 heavy (non-hydrogen) atoms. The van der Waals surface area contributed by atoms with Gasteiger partial charge in [0, 0.05) is 18.0 Å². The largest absolute Gasteiger partial charge is 0.370 e.